The Morgan fingerprint density at radius 3 is 2.76 bits per heavy atom. The quantitative estimate of drug-likeness (QED) is 0.870. The second kappa shape index (κ2) is 5.31. The summed E-state index contributed by atoms with van der Waals surface area (Å²) in [7, 11) is -3.74. The van der Waals surface area contributed by atoms with Gasteiger partial charge in [0.1, 0.15) is 5.82 Å². The molecule has 0 fully saturated rings. The maximum Gasteiger partial charge on any atom is 0.261 e. The van der Waals surface area contributed by atoms with Gasteiger partial charge in [0.05, 0.1) is 15.1 Å². The molecule has 0 bridgehead atoms. The molecule has 0 spiro atoms. The molecule has 110 valence electrons. The summed E-state index contributed by atoms with van der Waals surface area (Å²) in [5.74, 6) is -0.522. The van der Waals surface area contributed by atoms with E-state index in [9.17, 15) is 12.8 Å². The van der Waals surface area contributed by atoms with E-state index < -0.39 is 15.8 Å². The molecule has 1 heterocycles. The van der Waals surface area contributed by atoms with Crippen molar-refractivity contribution in [3.05, 3.63) is 52.3 Å². The molecule has 0 unspecified atom stereocenters. The van der Waals surface area contributed by atoms with E-state index in [1.807, 2.05) is 0 Å². The molecular weight excluding hydrogens is 359 g/mol. The lowest BCUT2D eigenvalue weighted by atomic mass is 10.2. The summed E-state index contributed by atoms with van der Waals surface area (Å²) in [5.41, 5.74) is 2.12. The number of rotatable bonds is 3. The van der Waals surface area contributed by atoms with Crippen LogP contribution in [0.3, 0.4) is 0 Å². The molecule has 0 amide bonds. The molecule has 0 aliphatic carbocycles. The molecule has 7 heteroatoms. The summed E-state index contributed by atoms with van der Waals surface area (Å²) in [6.07, 6.45) is 0.890. The minimum absolute atomic E-state index is 0.152. The Balaban J connectivity index is 1.91. The lowest BCUT2D eigenvalue weighted by Crippen LogP contribution is -2.13. The van der Waals surface area contributed by atoms with Crippen LogP contribution in [0.1, 0.15) is 5.56 Å². The highest BCUT2D eigenvalue weighted by Gasteiger charge is 2.18. The number of benzene rings is 2. The lowest BCUT2D eigenvalue weighted by molar-refractivity contribution is 0.601. The highest BCUT2D eigenvalue weighted by atomic mass is 79.9. The Labute approximate surface area is 130 Å². The van der Waals surface area contributed by atoms with Gasteiger partial charge in [0.25, 0.3) is 10.0 Å². The van der Waals surface area contributed by atoms with Gasteiger partial charge in [-0.3, -0.25) is 4.72 Å². The normalized spacial score (nSPS) is 13.6. The molecule has 2 aromatic rings. The van der Waals surface area contributed by atoms with Crippen LogP contribution in [0.5, 0.6) is 0 Å². The third-order valence-corrected chi connectivity index (χ3v) is 5.30. The molecule has 21 heavy (non-hydrogen) atoms. The first-order valence-electron chi connectivity index (χ1n) is 6.30. The topological polar surface area (TPSA) is 58.2 Å². The van der Waals surface area contributed by atoms with Crippen molar-refractivity contribution >= 4 is 37.3 Å². The van der Waals surface area contributed by atoms with Crippen LogP contribution < -0.4 is 10.0 Å². The summed E-state index contributed by atoms with van der Waals surface area (Å²) < 4.78 is 40.8. The fourth-order valence-corrected chi connectivity index (χ4v) is 3.53. The van der Waals surface area contributed by atoms with E-state index >= 15 is 0 Å². The van der Waals surface area contributed by atoms with Crippen LogP contribution in [0, 0.1) is 5.82 Å². The van der Waals surface area contributed by atoms with Gasteiger partial charge >= 0.3 is 0 Å². The highest BCUT2D eigenvalue weighted by Crippen LogP contribution is 2.27. The molecule has 1 aliphatic rings. The number of halogens is 2. The van der Waals surface area contributed by atoms with Crippen molar-refractivity contribution in [1.29, 1.82) is 0 Å². The summed E-state index contributed by atoms with van der Waals surface area (Å²) in [6.45, 7) is 0.810. The van der Waals surface area contributed by atoms with E-state index in [2.05, 4.69) is 26.0 Å². The standard InChI is InChI=1S/C14H12BrFN2O2S/c15-12-4-2-10(7-13(12)16)18-21(19,20)11-3-1-9-5-6-17-14(9)8-11/h1-4,7-8,17-18H,5-6H2. The van der Waals surface area contributed by atoms with E-state index in [1.54, 1.807) is 18.2 Å². The Morgan fingerprint density at radius 1 is 1.19 bits per heavy atom. The van der Waals surface area contributed by atoms with Crippen molar-refractivity contribution in [3.8, 4) is 0 Å². The molecule has 0 saturated carbocycles. The molecular formula is C14H12BrFN2O2S. The van der Waals surface area contributed by atoms with Crippen LogP contribution in [-0.2, 0) is 16.4 Å². The van der Waals surface area contributed by atoms with Crippen LogP contribution >= 0.6 is 15.9 Å². The van der Waals surface area contributed by atoms with Crippen LogP contribution in [0.2, 0.25) is 0 Å². The lowest BCUT2D eigenvalue weighted by Gasteiger charge is -2.10. The number of sulfonamides is 1. The first kappa shape index (κ1) is 14.3. The minimum atomic E-state index is -3.74. The maximum absolute atomic E-state index is 13.4. The SMILES string of the molecule is O=S(=O)(Nc1ccc(Br)c(F)c1)c1ccc2c(c1)NCC2. The van der Waals surface area contributed by atoms with E-state index in [1.165, 1.54) is 12.1 Å². The van der Waals surface area contributed by atoms with Crippen LogP contribution in [-0.4, -0.2) is 15.0 Å². The molecule has 0 saturated heterocycles. The van der Waals surface area contributed by atoms with E-state index in [4.69, 9.17) is 0 Å². The second-order valence-electron chi connectivity index (χ2n) is 4.73. The summed E-state index contributed by atoms with van der Waals surface area (Å²) in [5, 5.41) is 3.13. The second-order valence-corrected chi connectivity index (χ2v) is 7.27. The van der Waals surface area contributed by atoms with E-state index in [-0.39, 0.29) is 15.1 Å². The van der Waals surface area contributed by atoms with Gasteiger partial charge in [-0.1, -0.05) is 6.07 Å². The first-order chi connectivity index (χ1) is 9.95. The molecule has 0 aromatic heterocycles. The zero-order valence-corrected chi connectivity index (χ0v) is 13.3. The van der Waals surface area contributed by atoms with E-state index in [0.717, 1.165) is 30.3 Å². The largest absolute Gasteiger partial charge is 0.384 e. The fourth-order valence-electron chi connectivity index (χ4n) is 2.21. The van der Waals surface area contributed by atoms with Crippen LogP contribution in [0.4, 0.5) is 15.8 Å². The molecule has 0 radical (unpaired) electrons. The van der Waals surface area contributed by atoms with Gasteiger partial charge < -0.3 is 5.32 Å². The Hall–Kier alpha value is -1.60. The molecule has 3 rings (SSSR count). The average Bonchev–Trinajstić information content (AvgIpc) is 2.90. The van der Waals surface area contributed by atoms with E-state index in [0.29, 0.717) is 0 Å². The predicted molar refractivity (Wildman–Crippen MR) is 83.5 cm³/mol. The highest BCUT2D eigenvalue weighted by molar-refractivity contribution is 9.10. The average molecular weight is 371 g/mol. The number of nitrogens with one attached hydrogen (secondary N) is 2. The van der Waals surface area contributed by atoms with Gasteiger partial charge in [0.2, 0.25) is 0 Å². The van der Waals surface area contributed by atoms with Crippen molar-refractivity contribution in [2.24, 2.45) is 0 Å². The molecule has 2 N–H and O–H groups in total. The Morgan fingerprint density at radius 2 is 2.00 bits per heavy atom. The predicted octanol–water partition coefficient (Wildman–Crippen LogP) is 3.36. The molecule has 1 aliphatic heterocycles. The minimum Gasteiger partial charge on any atom is -0.384 e. The third-order valence-electron chi connectivity index (χ3n) is 3.27. The summed E-state index contributed by atoms with van der Waals surface area (Å²) in [4.78, 5) is 0.152. The Kier molecular flexibility index (Phi) is 3.62. The number of anilines is 2. The van der Waals surface area contributed by atoms with Gasteiger partial charge in [0, 0.05) is 12.2 Å². The maximum atomic E-state index is 13.4. The van der Waals surface area contributed by atoms with Crippen molar-refractivity contribution < 1.29 is 12.8 Å². The van der Waals surface area contributed by atoms with Gasteiger partial charge in [-0.05, 0) is 58.2 Å². The number of fused-ring (bicyclic) bond motifs is 1. The zero-order chi connectivity index (χ0) is 15.0. The zero-order valence-electron chi connectivity index (χ0n) is 10.9. The van der Waals surface area contributed by atoms with Gasteiger partial charge in [0.15, 0.2) is 0 Å². The van der Waals surface area contributed by atoms with Crippen molar-refractivity contribution in [2.75, 3.05) is 16.6 Å². The molecule has 4 nitrogen and oxygen atoms in total. The smallest absolute Gasteiger partial charge is 0.261 e. The first-order valence-corrected chi connectivity index (χ1v) is 8.58. The number of hydrogen-bond donors (Lipinski definition) is 2. The van der Waals surface area contributed by atoms with Crippen molar-refractivity contribution in [3.63, 3.8) is 0 Å². The van der Waals surface area contributed by atoms with Crippen LogP contribution in [0.15, 0.2) is 45.8 Å². The molecule has 2 aromatic carbocycles. The summed E-state index contributed by atoms with van der Waals surface area (Å²) >= 11 is 3.03. The van der Waals surface area contributed by atoms with Crippen molar-refractivity contribution in [2.45, 2.75) is 11.3 Å². The molecule has 0 atom stereocenters. The number of hydrogen-bond acceptors (Lipinski definition) is 3. The fraction of sp³-hybridized carbons (Fsp3) is 0.143. The monoisotopic (exact) mass is 370 g/mol. The van der Waals surface area contributed by atoms with Crippen molar-refractivity contribution in [1.82, 2.24) is 0 Å². The van der Waals surface area contributed by atoms with Gasteiger partial charge in [-0.15, -0.1) is 0 Å². The van der Waals surface area contributed by atoms with Gasteiger partial charge in [-0.25, -0.2) is 12.8 Å². The third kappa shape index (κ3) is 2.89. The van der Waals surface area contributed by atoms with Gasteiger partial charge in [-0.2, -0.15) is 0 Å². The van der Waals surface area contributed by atoms with Crippen LogP contribution in [0.25, 0.3) is 0 Å². The Bertz CT molecular complexity index is 809. The summed E-state index contributed by atoms with van der Waals surface area (Å²) in [6, 6.07) is 9.04.